The Bertz CT molecular complexity index is 1080. The van der Waals surface area contributed by atoms with Crippen LogP contribution in [0.5, 0.6) is 0 Å². The van der Waals surface area contributed by atoms with Gasteiger partial charge < -0.3 is 5.32 Å². The van der Waals surface area contributed by atoms with Crippen LogP contribution in [0.15, 0.2) is 12.1 Å². The number of amides is 1. The van der Waals surface area contributed by atoms with Crippen LogP contribution < -0.4 is 5.32 Å². The Kier molecular flexibility index (Phi) is 5.87. The van der Waals surface area contributed by atoms with Crippen molar-refractivity contribution in [1.82, 2.24) is 29.9 Å². The number of hydrogen-bond donors (Lipinski definition) is 1. The van der Waals surface area contributed by atoms with E-state index in [1.807, 2.05) is 13.8 Å². The summed E-state index contributed by atoms with van der Waals surface area (Å²) in [4.78, 5) is 17.4. The van der Waals surface area contributed by atoms with Gasteiger partial charge in [-0.05, 0) is 45.7 Å². The van der Waals surface area contributed by atoms with Crippen molar-refractivity contribution in [2.75, 3.05) is 6.54 Å². The second kappa shape index (κ2) is 8.08. The van der Waals surface area contributed by atoms with Crippen LogP contribution in [0, 0.1) is 26.7 Å². The van der Waals surface area contributed by atoms with E-state index in [0.29, 0.717) is 40.2 Å². The molecule has 0 aliphatic carbocycles. The number of nitrogens with one attached hydrogen (secondary N) is 1. The van der Waals surface area contributed by atoms with E-state index < -0.39 is 11.9 Å². The van der Waals surface area contributed by atoms with Gasteiger partial charge in [0.15, 0.2) is 5.65 Å². The first-order valence-electron chi connectivity index (χ1n) is 9.75. The number of hydrogen-bond acceptors (Lipinski definition) is 4. The molecular formula is C20H25F3N6O. The summed E-state index contributed by atoms with van der Waals surface area (Å²) in [6, 6.07) is 2.73. The zero-order valence-electron chi connectivity index (χ0n) is 17.6. The summed E-state index contributed by atoms with van der Waals surface area (Å²) in [5, 5.41) is 11.9. The van der Waals surface area contributed by atoms with Crippen molar-refractivity contribution in [2.24, 2.45) is 5.92 Å². The van der Waals surface area contributed by atoms with Crippen LogP contribution in [-0.4, -0.2) is 37.0 Å². The Labute approximate surface area is 172 Å². The van der Waals surface area contributed by atoms with Crippen LogP contribution in [0.3, 0.4) is 0 Å². The SMILES string of the molecule is CCn1nc(C)c2c(C(=O)NCC(C)Cn3nc(C)cc3C(F)(F)F)cc(C)nc21. The summed E-state index contributed by atoms with van der Waals surface area (Å²) in [6.07, 6.45) is -4.47. The van der Waals surface area contributed by atoms with E-state index in [1.54, 1.807) is 24.6 Å². The van der Waals surface area contributed by atoms with Gasteiger partial charge in [0.05, 0.1) is 22.3 Å². The van der Waals surface area contributed by atoms with Gasteiger partial charge in [0.25, 0.3) is 5.91 Å². The number of rotatable bonds is 6. The zero-order chi connectivity index (χ0) is 22.2. The number of aromatic nitrogens is 5. The smallest absolute Gasteiger partial charge is 0.352 e. The van der Waals surface area contributed by atoms with Crippen LogP contribution >= 0.6 is 0 Å². The molecule has 0 radical (unpaired) electrons. The van der Waals surface area contributed by atoms with Crippen molar-refractivity contribution in [3.05, 3.63) is 40.5 Å². The van der Waals surface area contributed by atoms with Crippen molar-refractivity contribution in [1.29, 1.82) is 0 Å². The number of fused-ring (bicyclic) bond motifs is 1. The van der Waals surface area contributed by atoms with Gasteiger partial charge in [0.1, 0.15) is 5.69 Å². The van der Waals surface area contributed by atoms with E-state index in [0.717, 1.165) is 10.7 Å². The van der Waals surface area contributed by atoms with Crippen LogP contribution in [0.4, 0.5) is 13.2 Å². The predicted molar refractivity (Wildman–Crippen MR) is 106 cm³/mol. The molecule has 0 bridgehead atoms. The van der Waals surface area contributed by atoms with E-state index >= 15 is 0 Å². The van der Waals surface area contributed by atoms with E-state index in [2.05, 4.69) is 20.5 Å². The van der Waals surface area contributed by atoms with Crippen molar-refractivity contribution in [3.63, 3.8) is 0 Å². The molecule has 0 fully saturated rings. The van der Waals surface area contributed by atoms with Gasteiger partial charge in [-0.3, -0.25) is 9.48 Å². The fourth-order valence-electron chi connectivity index (χ4n) is 3.51. The molecule has 0 aromatic carbocycles. The number of alkyl halides is 3. The summed E-state index contributed by atoms with van der Waals surface area (Å²) in [7, 11) is 0. The molecule has 0 saturated heterocycles. The molecule has 7 nitrogen and oxygen atoms in total. The van der Waals surface area contributed by atoms with Gasteiger partial charge in [0, 0.05) is 25.3 Å². The molecule has 3 aromatic heterocycles. The highest BCUT2D eigenvalue weighted by Crippen LogP contribution is 2.30. The fourth-order valence-corrected chi connectivity index (χ4v) is 3.51. The average Bonchev–Trinajstić information content (AvgIpc) is 3.18. The third-order valence-corrected chi connectivity index (χ3v) is 4.84. The van der Waals surface area contributed by atoms with Crippen LogP contribution in [0.25, 0.3) is 11.0 Å². The van der Waals surface area contributed by atoms with Crippen LogP contribution in [0.2, 0.25) is 0 Å². The number of nitrogens with zero attached hydrogens (tertiary/aromatic N) is 5. The molecule has 0 saturated carbocycles. The molecule has 0 aliphatic heterocycles. The Balaban J connectivity index is 1.76. The minimum absolute atomic E-state index is 0.0422. The number of carbonyl (C=O) groups excluding carboxylic acids is 1. The number of carbonyl (C=O) groups is 1. The molecule has 1 atom stereocenters. The standard InChI is InChI=1S/C20H25F3N6O/c1-6-28-18-17(14(5)27-28)15(7-12(3)25-18)19(30)24-9-11(2)10-29-16(20(21,22)23)8-13(4)26-29/h7-8,11H,6,9-10H2,1-5H3,(H,24,30). The Morgan fingerprint density at radius 1 is 1.13 bits per heavy atom. The lowest BCUT2D eigenvalue weighted by atomic mass is 10.1. The van der Waals surface area contributed by atoms with Crippen molar-refractivity contribution in [3.8, 4) is 0 Å². The van der Waals surface area contributed by atoms with Crippen molar-refractivity contribution in [2.45, 2.75) is 53.9 Å². The van der Waals surface area contributed by atoms with Gasteiger partial charge in [0.2, 0.25) is 0 Å². The maximum Gasteiger partial charge on any atom is 0.433 e. The number of halogens is 3. The molecule has 0 aliphatic rings. The van der Waals surface area contributed by atoms with Crippen LogP contribution in [0.1, 0.15) is 47.0 Å². The molecule has 30 heavy (non-hydrogen) atoms. The largest absolute Gasteiger partial charge is 0.433 e. The molecule has 0 spiro atoms. The topological polar surface area (TPSA) is 77.6 Å². The quantitative estimate of drug-likeness (QED) is 0.658. The molecule has 3 rings (SSSR count). The second-order valence-corrected chi connectivity index (χ2v) is 7.58. The van der Waals surface area contributed by atoms with Gasteiger partial charge in [-0.2, -0.15) is 23.4 Å². The fraction of sp³-hybridized carbons (Fsp3) is 0.500. The summed E-state index contributed by atoms with van der Waals surface area (Å²) >= 11 is 0. The van der Waals surface area contributed by atoms with Crippen molar-refractivity contribution < 1.29 is 18.0 Å². The summed E-state index contributed by atoms with van der Waals surface area (Å²) in [5.74, 6) is -0.559. The van der Waals surface area contributed by atoms with Crippen molar-refractivity contribution >= 4 is 16.9 Å². The summed E-state index contributed by atoms with van der Waals surface area (Å²) < 4.78 is 42.2. The maximum atomic E-state index is 13.2. The van der Waals surface area contributed by atoms with Gasteiger partial charge >= 0.3 is 6.18 Å². The predicted octanol–water partition coefficient (Wildman–Crippen LogP) is 3.66. The third kappa shape index (κ3) is 4.31. The molecule has 3 heterocycles. The van der Waals surface area contributed by atoms with Gasteiger partial charge in [-0.1, -0.05) is 6.92 Å². The zero-order valence-corrected chi connectivity index (χ0v) is 17.6. The molecule has 10 heteroatoms. The normalized spacial score (nSPS) is 13.1. The summed E-state index contributed by atoms with van der Waals surface area (Å²) in [6.45, 7) is 9.75. The Morgan fingerprint density at radius 2 is 1.83 bits per heavy atom. The number of aryl methyl sites for hydroxylation is 4. The lowest BCUT2D eigenvalue weighted by Gasteiger charge is -2.16. The van der Waals surface area contributed by atoms with E-state index in [-0.39, 0.29) is 24.9 Å². The Hall–Kier alpha value is -2.91. The first-order valence-corrected chi connectivity index (χ1v) is 9.75. The monoisotopic (exact) mass is 422 g/mol. The lowest BCUT2D eigenvalue weighted by molar-refractivity contribution is -0.144. The molecule has 162 valence electrons. The highest BCUT2D eigenvalue weighted by atomic mass is 19.4. The first-order chi connectivity index (χ1) is 14.0. The summed E-state index contributed by atoms with van der Waals surface area (Å²) in [5.41, 5.74) is 2.03. The molecule has 1 amide bonds. The minimum atomic E-state index is -4.47. The van der Waals surface area contributed by atoms with Gasteiger partial charge in [-0.25, -0.2) is 9.67 Å². The molecule has 3 aromatic rings. The van der Waals surface area contributed by atoms with E-state index in [9.17, 15) is 18.0 Å². The molecule has 1 N–H and O–H groups in total. The van der Waals surface area contributed by atoms with E-state index in [1.165, 1.54) is 6.92 Å². The van der Waals surface area contributed by atoms with E-state index in [4.69, 9.17) is 0 Å². The minimum Gasteiger partial charge on any atom is -0.352 e. The van der Waals surface area contributed by atoms with Gasteiger partial charge in [-0.15, -0.1) is 0 Å². The highest BCUT2D eigenvalue weighted by Gasteiger charge is 2.35. The highest BCUT2D eigenvalue weighted by molar-refractivity contribution is 6.06. The lowest BCUT2D eigenvalue weighted by Crippen LogP contribution is -2.31. The Morgan fingerprint density at radius 3 is 2.47 bits per heavy atom. The first kappa shape index (κ1) is 21.8. The number of pyridine rings is 1. The average molecular weight is 422 g/mol. The van der Waals surface area contributed by atoms with Crippen LogP contribution in [-0.2, 0) is 19.3 Å². The molecule has 1 unspecified atom stereocenters. The second-order valence-electron chi connectivity index (χ2n) is 7.58. The molecular weight excluding hydrogens is 397 g/mol. The maximum absolute atomic E-state index is 13.2. The third-order valence-electron chi connectivity index (χ3n) is 4.84.